The van der Waals surface area contributed by atoms with E-state index in [4.69, 9.17) is 13.9 Å². The summed E-state index contributed by atoms with van der Waals surface area (Å²) in [6, 6.07) is 19.2. The third-order valence-corrected chi connectivity index (χ3v) is 6.08. The van der Waals surface area contributed by atoms with E-state index in [1.54, 1.807) is 24.0 Å². The van der Waals surface area contributed by atoms with E-state index < -0.39 is 0 Å². The molecule has 0 fully saturated rings. The van der Waals surface area contributed by atoms with Gasteiger partial charge in [0.1, 0.15) is 11.5 Å². The van der Waals surface area contributed by atoms with Gasteiger partial charge in [-0.15, -0.1) is 0 Å². The summed E-state index contributed by atoms with van der Waals surface area (Å²) >= 11 is 0. The van der Waals surface area contributed by atoms with Gasteiger partial charge in [0.25, 0.3) is 0 Å². The predicted molar refractivity (Wildman–Crippen MR) is 144 cm³/mol. The van der Waals surface area contributed by atoms with E-state index in [9.17, 15) is 9.59 Å². The molecule has 0 spiro atoms. The first-order chi connectivity index (χ1) is 17.8. The van der Waals surface area contributed by atoms with Gasteiger partial charge in [-0.25, -0.2) is 0 Å². The standard InChI is InChI=1S/C30H38N2O5/c1-22(2)19-32(29(33)18-24-9-7-6-8-10-24)21-30(34)31(20-26-13-11-23(3)37-26)16-15-25-12-14-27(35-4)28(17-25)36-5/h6-14,17,22H,15-16,18-21H2,1-5H3. The molecule has 0 aliphatic heterocycles. The van der Waals surface area contributed by atoms with Crippen LogP contribution in [-0.2, 0) is 29.0 Å². The molecule has 0 aliphatic rings. The molecule has 7 heteroatoms. The third kappa shape index (κ3) is 8.41. The molecule has 198 valence electrons. The van der Waals surface area contributed by atoms with Gasteiger partial charge in [0, 0.05) is 13.1 Å². The summed E-state index contributed by atoms with van der Waals surface area (Å²) in [6.45, 7) is 7.32. The molecule has 1 aromatic heterocycles. The second kappa shape index (κ2) is 13.5. The number of amides is 2. The molecule has 1 heterocycles. The van der Waals surface area contributed by atoms with Gasteiger partial charge in [0.2, 0.25) is 11.8 Å². The number of ether oxygens (including phenoxy) is 2. The highest BCUT2D eigenvalue weighted by atomic mass is 16.5. The van der Waals surface area contributed by atoms with E-state index in [-0.39, 0.29) is 30.7 Å². The summed E-state index contributed by atoms with van der Waals surface area (Å²) in [6.07, 6.45) is 0.887. The fraction of sp³-hybridized carbons (Fsp3) is 0.400. The molecule has 3 aromatic rings. The molecular formula is C30H38N2O5. The summed E-state index contributed by atoms with van der Waals surface area (Å²) in [4.78, 5) is 30.2. The van der Waals surface area contributed by atoms with Crippen LogP contribution in [0.3, 0.4) is 0 Å². The van der Waals surface area contributed by atoms with Gasteiger partial charge < -0.3 is 23.7 Å². The zero-order chi connectivity index (χ0) is 26.8. The first kappa shape index (κ1) is 27.8. The molecule has 0 saturated heterocycles. The van der Waals surface area contributed by atoms with Crippen LogP contribution in [0.1, 0.15) is 36.5 Å². The van der Waals surface area contributed by atoms with Crippen molar-refractivity contribution in [3.05, 3.63) is 83.3 Å². The number of methoxy groups -OCH3 is 2. The minimum atomic E-state index is -0.114. The molecule has 0 atom stereocenters. The van der Waals surface area contributed by atoms with Crippen molar-refractivity contribution in [3.8, 4) is 11.5 Å². The van der Waals surface area contributed by atoms with Crippen LogP contribution >= 0.6 is 0 Å². The summed E-state index contributed by atoms with van der Waals surface area (Å²) in [7, 11) is 3.21. The number of nitrogens with zero attached hydrogens (tertiary/aromatic N) is 2. The fourth-order valence-corrected chi connectivity index (χ4v) is 4.19. The van der Waals surface area contributed by atoms with Crippen LogP contribution in [0.2, 0.25) is 0 Å². The minimum Gasteiger partial charge on any atom is -0.493 e. The predicted octanol–water partition coefficient (Wildman–Crippen LogP) is 4.90. The summed E-state index contributed by atoms with van der Waals surface area (Å²) in [5.74, 6) is 2.88. The van der Waals surface area contributed by atoms with Gasteiger partial charge >= 0.3 is 0 Å². The SMILES string of the molecule is COc1ccc(CCN(Cc2ccc(C)o2)C(=O)CN(CC(C)C)C(=O)Cc2ccccc2)cc1OC. The average molecular weight is 507 g/mol. The molecule has 0 unspecified atom stereocenters. The molecule has 7 nitrogen and oxygen atoms in total. The normalized spacial score (nSPS) is 10.9. The van der Waals surface area contributed by atoms with E-state index in [0.29, 0.717) is 43.3 Å². The second-order valence-corrected chi connectivity index (χ2v) is 9.60. The number of furan rings is 1. The summed E-state index contributed by atoms with van der Waals surface area (Å²) < 4.78 is 16.5. The zero-order valence-corrected chi connectivity index (χ0v) is 22.5. The third-order valence-electron chi connectivity index (χ3n) is 6.08. The molecule has 2 amide bonds. The van der Waals surface area contributed by atoms with Gasteiger partial charge in [0.05, 0.1) is 33.7 Å². The monoisotopic (exact) mass is 506 g/mol. The molecule has 3 rings (SSSR count). The Labute approximate surface area is 220 Å². The van der Waals surface area contributed by atoms with Gasteiger partial charge in [-0.3, -0.25) is 9.59 Å². The molecular weight excluding hydrogens is 468 g/mol. The highest BCUT2D eigenvalue weighted by Crippen LogP contribution is 2.28. The first-order valence-electron chi connectivity index (χ1n) is 12.6. The van der Waals surface area contributed by atoms with Crippen LogP contribution in [0.5, 0.6) is 11.5 Å². The van der Waals surface area contributed by atoms with E-state index in [1.807, 2.05) is 81.4 Å². The minimum absolute atomic E-state index is 0.0233. The molecule has 0 saturated carbocycles. The van der Waals surface area contributed by atoms with Crippen molar-refractivity contribution in [1.29, 1.82) is 0 Å². The van der Waals surface area contributed by atoms with Gasteiger partial charge in [-0.1, -0.05) is 50.2 Å². The number of aryl methyl sites for hydroxylation is 1. The molecule has 0 aliphatic carbocycles. The van der Waals surface area contributed by atoms with Crippen LogP contribution in [0, 0.1) is 12.8 Å². The van der Waals surface area contributed by atoms with Gasteiger partial charge in [-0.2, -0.15) is 0 Å². The Morgan fingerprint density at radius 1 is 0.865 bits per heavy atom. The van der Waals surface area contributed by atoms with Gasteiger partial charge in [0.15, 0.2) is 11.5 Å². The highest BCUT2D eigenvalue weighted by Gasteiger charge is 2.23. The van der Waals surface area contributed by atoms with Crippen molar-refractivity contribution < 1.29 is 23.5 Å². The molecule has 0 bridgehead atoms. The Morgan fingerprint density at radius 3 is 2.22 bits per heavy atom. The van der Waals surface area contributed by atoms with Crippen molar-refractivity contribution in [2.24, 2.45) is 5.92 Å². The van der Waals surface area contributed by atoms with E-state index in [2.05, 4.69) is 0 Å². The molecule has 37 heavy (non-hydrogen) atoms. The molecule has 2 aromatic carbocycles. The zero-order valence-electron chi connectivity index (χ0n) is 22.5. The van der Waals surface area contributed by atoms with Crippen LogP contribution in [0.4, 0.5) is 0 Å². The van der Waals surface area contributed by atoms with Crippen molar-refractivity contribution in [1.82, 2.24) is 9.80 Å². The Bertz CT molecular complexity index is 1160. The second-order valence-electron chi connectivity index (χ2n) is 9.60. The highest BCUT2D eigenvalue weighted by molar-refractivity contribution is 5.86. The van der Waals surface area contributed by atoms with E-state index >= 15 is 0 Å². The Morgan fingerprint density at radius 2 is 1.59 bits per heavy atom. The number of hydrogen-bond acceptors (Lipinski definition) is 5. The quantitative estimate of drug-likeness (QED) is 0.330. The number of benzene rings is 2. The van der Waals surface area contributed by atoms with Crippen LogP contribution < -0.4 is 9.47 Å². The van der Waals surface area contributed by atoms with Gasteiger partial charge in [-0.05, 0) is 54.7 Å². The lowest BCUT2D eigenvalue weighted by Crippen LogP contribution is -2.45. The fourth-order valence-electron chi connectivity index (χ4n) is 4.19. The maximum Gasteiger partial charge on any atom is 0.242 e. The van der Waals surface area contributed by atoms with E-state index in [1.165, 1.54) is 0 Å². The maximum atomic E-state index is 13.6. The van der Waals surface area contributed by atoms with Crippen molar-refractivity contribution in [2.45, 2.75) is 40.2 Å². The lowest BCUT2D eigenvalue weighted by atomic mass is 10.1. The number of carbonyl (C=O) groups is 2. The largest absolute Gasteiger partial charge is 0.493 e. The van der Waals surface area contributed by atoms with Crippen LogP contribution in [0.25, 0.3) is 0 Å². The van der Waals surface area contributed by atoms with E-state index in [0.717, 1.165) is 16.9 Å². The average Bonchev–Trinajstić information content (AvgIpc) is 3.30. The smallest absolute Gasteiger partial charge is 0.242 e. The van der Waals surface area contributed by atoms with Crippen molar-refractivity contribution in [3.63, 3.8) is 0 Å². The Kier molecular flexibility index (Phi) is 10.2. The Balaban J connectivity index is 1.76. The first-order valence-corrected chi connectivity index (χ1v) is 12.6. The lowest BCUT2D eigenvalue weighted by Gasteiger charge is -2.28. The van der Waals surface area contributed by atoms with Crippen molar-refractivity contribution in [2.75, 3.05) is 33.9 Å². The van der Waals surface area contributed by atoms with Crippen molar-refractivity contribution >= 4 is 11.8 Å². The Hall–Kier alpha value is -3.74. The maximum absolute atomic E-state index is 13.6. The van der Waals surface area contributed by atoms with Crippen LogP contribution in [-0.4, -0.2) is 55.5 Å². The molecule has 0 N–H and O–H groups in total. The lowest BCUT2D eigenvalue weighted by molar-refractivity contribution is -0.141. The molecule has 0 radical (unpaired) electrons. The number of hydrogen-bond donors (Lipinski definition) is 0. The summed E-state index contributed by atoms with van der Waals surface area (Å²) in [5.41, 5.74) is 1.95. The summed E-state index contributed by atoms with van der Waals surface area (Å²) in [5, 5.41) is 0. The topological polar surface area (TPSA) is 72.2 Å². The number of carbonyl (C=O) groups excluding carboxylic acids is 2. The van der Waals surface area contributed by atoms with Crippen LogP contribution in [0.15, 0.2) is 65.1 Å². The number of rotatable bonds is 13.